The lowest BCUT2D eigenvalue weighted by Crippen LogP contribution is -2.01. The molecule has 0 radical (unpaired) electrons. The molecule has 0 saturated carbocycles. The highest BCUT2D eigenvalue weighted by Gasteiger charge is 2.11. The van der Waals surface area contributed by atoms with Crippen LogP contribution in [0.4, 0.5) is 5.69 Å². The van der Waals surface area contributed by atoms with Crippen LogP contribution in [0.25, 0.3) is 0 Å². The Morgan fingerprint density at radius 3 is 2.57 bits per heavy atom. The minimum absolute atomic E-state index is 0.0490. The van der Waals surface area contributed by atoms with E-state index in [1.165, 1.54) is 17.7 Å². The topological polar surface area (TPSA) is 60.2 Å². The molecule has 0 aliphatic carbocycles. The van der Waals surface area contributed by atoms with Gasteiger partial charge in [0, 0.05) is 34.8 Å². The van der Waals surface area contributed by atoms with Crippen molar-refractivity contribution in [1.82, 2.24) is 0 Å². The van der Waals surface area contributed by atoms with Crippen LogP contribution in [0.3, 0.4) is 0 Å². The standard InChI is InChI=1S/C16H15NO3S/c1-12-5-7-15(8-6-12)21-10-9-16(18)13-3-2-4-14(11-13)17(19)20/h2-8,11H,9-10H2,1H3. The average Bonchev–Trinajstić information content (AvgIpc) is 2.49. The molecule has 0 aromatic heterocycles. The van der Waals surface area contributed by atoms with E-state index in [1.807, 2.05) is 31.2 Å². The largest absolute Gasteiger partial charge is 0.294 e. The second-order valence-electron chi connectivity index (χ2n) is 4.64. The minimum atomic E-state index is -0.488. The van der Waals surface area contributed by atoms with E-state index in [0.29, 0.717) is 17.7 Å². The molecule has 0 amide bonds. The van der Waals surface area contributed by atoms with E-state index in [-0.39, 0.29) is 11.5 Å². The molecule has 108 valence electrons. The molecule has 0 fully saturated rings. The fourth-order valence-electron chi connectivity index (χ4n) is 1.83. The van der Waals surface area contributed by atoms with Crippen molar-refractivity contribution in [3.05, 3.63) is 69.8 Å². The first-order valence-corrected chi connectivity index (χ1v) is 7.52. The van der Waals surface area contributed by atoms with Crippen LogP contribution < -0.4 is 0 Å². The summed E-state index contributed by atoms with van der Waals surface area (Å²) in [5.74, 6) is 0.586. The van der Waals surface area contributed by atoms with Gasteiger partial charge >= 0.3 is 0 Å². The Morgan fingerprint density at radius 1 is 1.19 bits per heavy atom. The summed E-state index contributed by atoms with van der Waals surface area (Å²) >= 11 is 1.61. The number of hydrogen-bond donors (Lipinski definition) is 0. The van der Waals surface area contributed by atoms with Crippen molar-refractivity contribution in [2.45, 2.75) is 18.2 Å². The molecule has 0 spiro atoms. The number of non-ortho nitro benzene ring substituents is 1. The number of carbonyl (C=O) groups is 1. The van der Waals surface area contributed by atoms with Crippen molar-refractivity contribution in [1.29, 1.82) is 0 Å². The highest BCUT2D eigenvalue weighted by molar-refractivity contribution is 7.99. The summed E-state index contributed by atoms with van der Waals surface area (Å²) in [6.07, 6.45) is 0.361. The summed E-state index contributed by atoms with van der Waals surface area (Å²) in [5.41, 5.74) is 1.55. The second-order valence-corrected chi connectivity index (χ2v) is 5.81. The Kier molecular flexibility index (Phi) is 5.11. The molecule has 0 heterocycles. The molecule has 0 unspecified atom stereocenters. The third-order valence-corrected chi connectivity index (χ3v) is 4.01. The fourth-order valence-corrected chi connectivity index (χ4v) is 2.69. The third-order valence-electron chi connectivity index (χ3n) is 3.00. The van der Waals surface area contributed by atoms with Gasteiger partial charge in [0.15, 0.2) is 5.78 Å². The van der Waals surface area contributed by atoms with Crippen LogP contribution in [-0.4, -0.2) is 16.5 Å². The summed E-state index contributed by atoms with van der Waals surface area (Å²) in [4.78, 5) is 23.4. The number of nitrogens with zero attached hydrogens (tertiary/aromatic N) is 1. The van der Waals surface area contributed by atoms with Gasteiger partial charge in [-0.05, 0) is 19.1 Å². The minimum Gasteiger partial charge on any atom is -0.294 e. The van der Waals surface area contributed by atoms with Gasteiger partial charge in [-0.1, -0.05) is 29.8 Å². The molecule has 0 N–H and O–H groups in total. The molecular formula is C16H15NO3S. The number of ketones is 1. The maximum absolute atomic E-state index is 12.0. The predicted octanol–water partition coefficient (Wildman–Crippen LogP) is 4.27. The van der Waals surface area contributed by atoms with Gasteiger partial charge in [-0.25, -0.2) is 0 Å². The zero-order valence-electron chi connectivity index (χ0n) is 11.6. The first-order valence-electron chi connectivity index (χ1n) is 6.53. The summed E-state index contributed by atoms with van der Waals surface area (Å²) in [7, 11) is 0. The summed E-state index contributed by atoms with van der Waals surface area (Å²) in [5, 5.41) is 10.7. The molecule has 0 bridgehead atoms. The number of nitro benzene ring substituents is 1. The van der Waals surface area contributed by atoms with Gasteiger partial charge in [0.25, 0.3) is 5.69 Å². The molecule has 5 heteroatoms. The first-order chi connectivity index (χ1) is 10.1. The number of thioether (sulfide) groups is 1. The van der Waals surface area contributed by atoms with E-state index in [4.69, 9.17) is 0 Å². The molecule has 2 rings (SSSR count). The number of Topliss-reactive ketones (excluding diaryl/α,β-unsaturated/α-hetero) is 1. The maximum atomic E-state index is 12.0. The Bertz CT molecular complexity index is 653. The van der Waals surface area contributed by atoms with Crippen LogP contribution in [0.5, 0.6) is 0 Å². The summed E-state index contributed by atoms with van der Waals surface area (Å²) < 4.78 is 0. The van der Waals surface area contributed by atoms with E-state index in [9.17, 15) is 14.9 Å². The van der Waals surface area contributed by atoms with E-state index in [2.05, 4.69) is 0 Å². The highest BCUT2D eigenvalue weighted by atomic mass is 32.2. The molecule has 0 atom stereocenters. The van der Waals surface area contributed by atoms with Crippen molar-refractivity contribution in [3.8, 4) is 0 Å². The summed E-state index contributed by atoms with van der Waals surface area (Å²) in [6, 6.07) is 14.0. The Morgan fingerprint density at radius 2 is 1.90 bits per heavy atom. The normalized spacial score (nSPS) is 10.3. The first kappa shape index (κ1) is 15.3. The number of aryl methyl sites for hydroxylation is 1. The van der Waals surface area contributed by atoms with Gasteiger partial charge in [-0.3, -0.25) is 14.9 Å². The van der Waals surface area contributed by atoms with Crippen LogP contribution in [0.15, 0.2) is 53.4 Å². The number of carbonyl (C=O) groups excluding carboxylic acids is 1. The zero-order valence-corrected chi connectivity index (χ0v) is 12.4. The van der Waals surface area contributed by atoms with E-state index < -0.39 is 4.92 Å². The van der Waals surface area contributed by atoms with Crippen molar-refractivity contribution >= 4 is 23.2 Å². The number of nitro groups is 1. The molecule has 21 heavy (non-hydrogen) atoms. The van der Waals surface area contributed by atoms with Gasteiger partial charge in [0.2, 0.25) is 0 Å². The van der Waals surface area contributed by atoms with Crippen LogP contribution in [0.2, 0.25) is 0 Å². The van der Waals surface area contributed by atoms with Gasteiger partial charge in [-0.15, -0.1) is 11.8 Å². The maximum Gasteiger partial charge on any atom is 0.270 e. The monoisotopic (exact) mass is 301 g/mol. The average molecular weight is 301 g/mol. The molecule has 0 aliphatic heterocycles. The lowest BCUT2D eigenvalue weighted by atomic mass is 10.1. The fraction of sp³-hybridized carbons (Fsp3) is 0.188. The molecule has 2 aromatic carbocycles. The Labute approximate surface area is 127 Å². The van der Waals surface area contributed by atoms with Gasteiger partial charge < -0.3 is 0 Å². The number of rotatable bonds is 6. The molecular weight excluding hydrogens is 286 g/mol. The van der Waals surface area contributed by atoms with Crippen LogP contribution in [0.1, 0.15) is 22.3 Å². The predicted molar refractivity (Wildman–Crippen MR) is 83.9 cm³/mol. The Balaban J connectivity index is 1.91. The van der Waals surface area contributed by atoms with Crippen LogP contribution in [-0.2, 0) is 0 Å². The lowest BCUT2D eigenvalue weighted by molar-refractivity contribution is -0.384. The van der Waals surface area contributed by atoms with E-state index in [1.54, 1.807) is 23.9 Å². The zero-order chi connectivity index (χ0) is 15.2. The van der Waals surface area contributed by atoms with Crippen molar-refractivity contribution in [3.63, 3.8) is 0 Å². The van der Waals surface area contributed by atoms with Crippen molar-refractivity contribution < 1.29 is 9.72 Å². The third kappa shape index (κ3) is 4.43. The molecule has 2 aromatic rings. The van der Waals surface area contributed by atoms with Gasteiger partial charge in [0.1, 0.15) is 0 Å². The summed E-state index contributed by atoms with van der Waals surface area (Å²) in [6.45, 7) is 2.03. The van der Waals surface area contributed by atoms with Gasteiger partial charge in [0.05, 0.1) is 4.92 Å². The van der Waals surface area contributed by atoms with Gasteiger partial charge in [-0.2, -0.15) is 0 Å². The molecule has 0 aliphatic rings. The second kappa shape index (κ2) is 7.04. The molecule has 4 nitrogen and oxygen atoms in total. The molecule has 0 saturated heterocycles. The SMILES string of the molecule is Cc1ccc(SCCC(=O)c2cccc([N+](=O)[O-])c2)cc1. The van der Waals surface area contributed by atoms with Crippen molar-refractivity contribution in [2.75, 3.05) is 5.75 Å². The number of benzene rings is 2. The van der Waals surface area contributed by atoms with Crippen LogP contribution >= 0.6 is 11.8 Å². The smallest absolute Gasteiger partial charge is 0.270 e. The quantitative estimate of drug-likeness (QED) is 0.346. The van der Waals surface area contributed by atoms with E-state index >= 15 is 0 Å². The lowest BCUT2D eigenvalue weighted by Gasteiger charge is -2.03. The van der Waals surface area contributed by atoms with Crippen LogP contribution in [0, 0.1) is 17.0 Å². The Hall–Kier alpha value is -2.14. The van der Waals surface area contributed by atoms with E-state index in [0.717, 1.165) is 4.90 Å². The highest BCUT2D eigenvalue weighted by Crippen LogP contribution is 2.21. The van der Waals surface area contributed by atoms with Crippen molar-refractivity contribution in [2.24, 2.45) is 0 Å². The number of hydrogen-bond acceptors (Lipinski definition) is 4.